The van der Waals surface area contributed by atoms with E-state index in [9.17, 15) is 9.65 Å². The zero-order valence-corrected chi connectivity index (χ0v) is 37.6. The molecule has 67 heavy (non-hydrogen) atoms. The van der Waals surface area contributed by atoms with E-state index in [1.807, 2.05) is 24.3 Å². The Bertz CT molecular complexity index is 4100. The fourth-order valence-electron chi connectivity index (χ4n) is 11.0. The van der Waals surface area contributed by atoms with Gasteiger partial charge in [0.25, 0.3) is 0 Å². The molecule has 4 heterocycles. The first-order valence-corrected chi connectivity index (χ1v) is 23.1. The van der Waals surface area contributed by atoms with E-state index in [4.69, 9.17) is 0 Å². The fourth-order valence-corrected chi connectivity index (χ4v) is 11.0. The number of aromatic nitrogens is 2. The Kier molecular flexibility index (Phi) is 8.47. The lowest BCUT2D eigenvalue weighted by atomic mass is 10.0. The summed E-state index contributed by atoms with van der Waals surface area (Å²) in [6.45, 7) is 8.87. The van der Waals surface area contributed by atoms with Crippen LogP contribution in [0.5, 0.6) is 0 Å². The number of para-hydroxylation sites is 2. The predicted molar refractivity (Wildman–Crippen MR) is 278 cm³/mol. The van der Waals surface area contributed by atoms with Gasteiger partial charge in [-0.3, -0.25) is 0 Å². The Hall–Kier alpha value is -8.40. The average molecular weight is 866 g/mol. The van der Waals surface area contributed by atoms with Gasteiger partial charge in [-0.1, -0.05) is 100 Å². The molecule has 13 rings (SSSR count). The molecule has 0 unspecified atom stereocenters. The Morgan fingerprint density at radius 3 is 1.21 bits per heavy atom. The zero-order valence-electron chi connectivity index (χ0n) is 37.6. The fraction of sp³-hybridized carbons (Fsp3) is 0.0984. The van der Waals surface area contributed by atoms with Gasteiger partial charge in [0.1, 0.15) is 5.82 Å². The van der Waals surface area contributed by atoms with Gasteiger partial charge in [0.2, 0.25) is 0 Å². The summed E-state index contributed by atoms with van der Waals surface area (Å²) in [5.74, 6) is 0.550. The van der Waals surface area contributed by atoms with Crippen LogP contribution in [0, 0.1) is 17.1 Å². The summed E-state index contributed by atoms with van der Waals surface area (Å²) in [5.41, 5.74) is 16.2. The van der Waals surface area contributed by atoms with E-state index in [0.29, 0.717) is 17.4 Å². The molecule has 0 saturated heterocycles. The smallest absolute Gasteiger partial charge is 0.123 e. The van der Waals surface area contributed by atoms with Crippen LogP contribution >= 0.6 is 0 Å². The molecule has 0 spiro atoms. The van der Waals surface area contributed by atoms with Crippen molar-refractivity contribution in [2.24, 2.45) is 0 Å². The molecule has 0 atom stereocenters. The van der Waals surface area contributed by atoms with Crippen molar-refractivity contribution in [3.05, 3.63) is 204 Å². The van der Waals surface area contributed by atoms with Crippen molar-refractivity contribution < 1.29 is 4.39 Å². The minimum Gasteiger partial charge on any atom is -0.310 e. The van der Waals surface area contributed by atoms with Crippen LogP contribution in [0.3, 0.4) is 0 Å². The third-order valence-corrected chi connectivity index (χ3v) is 14.2. The van der Waals surface area contributed by atoms with Crippen LogP contribution in [-0.4, -0.2) is 8.80 Å². The molecule has 0 amide bonds. The van der Waals surface area contributed by atoms with Crippen molar-refractivity contribution in [2.75, 3.05) is 9.80 Å². The van der Waals surface area contributed by atoms with Crippen molar-refractivity contribution in [1.82, 2.24) is 8.80 Å². The highest BCUT2D eigenvalue weighted by molar-refractivity contribution is 6.32. The van der Waals surface area contributed by atoms with Gasteiger partial charge in [-0.15, -0.1) is 0 Å². The summed E-state index contributed by atoms with van der Waals surface area (Å²) in [4.78, 5) is 4.62. The average Bonchev–Trinajstić information content (AvgIpc) is 4.09. The highest BCUT2D eigenvalue weighted by Crippen LogP contribution is 2.51. The first-order chi connectivity index (χ1) is 32.8. The highest BCUT2D eigenvalue weighted by atomic mass is 19.1. The largest absolute Gasteiger partial charge is 0.310 e. The van der Waals surface area contributed by atoms with E-state index in [1.165, 1.54) is 59.9 Å². The molecule has 4 aromatic heterocycles. The van der Waals surface area contributed by atoms with Gasteiger partial charge in [0.15, 0.2) is 0 Å². The molecule has 13 aromatic rings. The first kappa shape index (κ1) is 39.0. The molecule has 0 bridgehead atoms. The third kappa shape index (κ3) is 5.65. The molecule has 0 radical (unpaired) electrons. The van der Waals surface area contributed by atoms with E-state index in [1.54, 1.807) is 12.1 Å². The molecular weight excluding hydrogens is 822 g/mol. The Labute approximate surface area is 387 Å². The van der Waals surface area contributed by atoms with Gasteiger partial charge >= 0.3 is 0 Å². The predicted octanol–water partition coefficient (Wildman–Crippen LogP) is 17.2. The van der Waals surface area contributed by atoms with Crippen molar-refractivity contribution in [3.8, 4) is 6.07 Å². The maximum Gasteiger partial charge on any atom is 0.123 e. The highest BCUT2D eigenvalue weighted by Gasteiger charge is 2.28. The molecule has 0 N–H and O–H groups in total. The van der Waals surface area contributed by atoms with Crippen molar-refractivity contribution >= 4 is 110 Å². The number of fused-ring (bicyclic) bond motifs is 12. The van der Waals surface area contributed by atoms with Gasteiger partial charge < -0.3 is 18.6 Å². The van der Waals surface area contributed by atoms with Crippen LogP contribution in [-0.2, 0) is 0 Å². The van der Waals surface area contributed by atoms with E-state index < -0.39 is 0 Å². The number of nitriles is 1. The number of nitrogens with zero attached hydrogens (tertiary/aromatic N) is 5. The second kappa shape index (κ2) is 14.6. The summed E-state index contributed by atoms with van der Waals surface area (Å²) in [7, 11) is 0. The zero-order chi connectivity index (χ0) is 45.2. The minimum absolute atomic E-state index is 0.261. The maximum absolute atomic E-state index is 14.5. The number of halogens is 1. The van der Waals surface area contributed by atoms with Crippen LogP contribution in [0.15, 0.2) is 182 Å². The lowest BCUT2D eigenvalue weighted by molar-refractivity contribution is 0.628. The second-order valence-electron chi connectivity index (χ2n) is 18.6. The normalized spacial score (nSPS) is 12.2. The second-order valence-corrected chi connectivity index (χ2v) is 18.6. The molecule has 0 aliphatic rings. The molecule has 320 valence electrons. The summed E-state index contributed by atoms with van der Waals surface area (Å²) in [5, 5.41) is 19.2. The lowest BCUT2D eigenvalue weighted by Crippen LogP contribution is -2.10. The van der Waals surface area contributed by atoms with Crippen LogP contribution in [0.25, 0.3) is 76.2 Å². The molecule has 5 nitrogen and oxygen atoms in total. The first-order valence-electron chi connectivity index (χ1n) is 23.1. The van der Waals surface area contributed by atoms with Crippen molar-refractivity contribution in [1.29, 1.82) is 5.26 Å². The Morgan fingerprint density at radius 1 is 0.418 bits per heavy atom. The molecular formula is C61H44FN5. The van der Waals surface area contributed by atoms with Crippen LogP contribution < -0.4 is 9.80 Å². The standard InChI is InChI=1S/C61H44FN5/c1-36(2)39-15-23-43(24-16-39)64(42-21-13-38(35-63)14-22-42)54-31-29-46-50-33-57-51(34-56(50)66-52-11-7-5-9-48(52)58(54)60(46)66)47-30-32-55(59-49-10-6-8-12-53(49)67(57)61(47)59)65(45-27-19-41(62)20-28-45)44-25-17-40(18-26-44)37(3)4/h5-34,36-37H,1-4H3. The monoisotopic (exact) mass is 865 g/mol. The number of rotatable bonds is 8. The number of hydrogen-bond donors (Lipinski definition) is 0. The summed E-state index contributed by atoms with van der Waals surface area (Å²) in [6, 6.07) is 66.2. The van der Waals surface area contributed by atoms with Crippen LogP contribution in [0.4, 0.5) is 38.5 Å². The summed E-state index contributed by atoms with van der Waals surface area (Å²) in [6.07, 6.45) is 0. The Balaban J connectivity index is 1.09. The molecule has 0 fully saturated rings. The van der Waals surface area contributed by atoms with Gasteiger partial charge in [-0.25, -0.2) is 4.39 Å². The topological polar surface area (TPSA) is 39.1 Å². The molecule has 6 heteroatoms. The number of hydrogen-bond acceptors (Lipinski definition) is 3. The maximum atomic E-state index is 14.5. The van der Waals surface area contributed by atoms with Gasteiger partial charge in [0, 0.05) is 65.8 Å². The van der Waals surface area contributed by atoms with E-state index in [-0.39, 0.29) is 5.82 Å². The van der Waals surface area contributed by atoms with Gasteiger partial charge in [0.05, 0.1) is 56.1 Å². The molecule has 0 aliphatic heterocycles. The third-order valence-electron chi connectivity index (χ3n) is 14.2. The molecule has 0 aliphatic carbocycles. The van der Waals surface area contributed by atoms with E-state index in [2.05, 4.69) is 198 Å². The molecule has 0 saturated carbocycles. The number of benzene rings is 9. The van der Waals surface area contributed by atoms with E-state index >= 15 is 0 Å². The summed E-state index contributed by atoms with van der Waals surface area (Å²) >= 11 is 0. The van der Waals surface area contributed by atoms with Crippen LogP contribution in [0.1, 0.15) is 56.2 Å². The van der Waals surface area contributed by atoms with Gasteiger partial charge in [-0.05, 0) is 132 Å². The van der Waals surface area contributed by atoms with Crippen molar-refractivity contribution in [2.45, 2.75) is 39.5 Å². The van der Waals surface area contributed by atoms with Gasteiger partial charge in [-0.2, -0.15) is 5.26 Å². The minimum atomic E-state index is -0.261. The van der Waals surface area contributed by atoms with Crippen LogP contribution in [0.2, 0.25) is 0 Å². The van der Waals surface area contributed by atoms with E-state index in [0.717, 1.165) is 61.6 Å². The quantitative estimate of drug-likeness (QED) is 0.153. The van der Waals surface area contributed by atoms with Crippen molar-refractivity contribution in [3.63, 3.8) is 0 Å². The summed E-state index contributed by atoms with van der Waals surface area (Å²) < 4.78 is 19.5. The SMILES string of the molecule is CC(C)c1ccc(N(c2ccc(F)cc2)c2ccc3c4cc5c(cc4n4c6ccccc6c2c34)c2ccc(N(c3ccc(C#N)cc3)c3ccc(C(C)C)cc3)c3c4ccccc4n5c23)cc1. The number of anilines is 6. The Morgan fingerprint density at radius 2 is 0.806 bits per heavy atom. The lowest BCUT2D eigenvalue weighted by Gasteiger charge is -2.27. The molecule has 9 aromatic carbocycles.